The summed E-state index contributed by atoms with van der Waals surface area (Å²) in [5, 5.41) is 0. The lowest BCUT2D eigenvalue weighted by molar-refractivity contribution is -0.133. The summed E-state index contributed by atoms with van der Waals surface area (Å²) in [6.07, 6.45) is 8.23. The molecule has 1 aliphatic carbocycles. The number of benzene rings is 1. The summed E-state index contributed by atoms with van der Waals surface area (Å²) in [4.78, 5) is 29.1. The molecular formula is C21H29BrN2O3. The second kappa shape index (κ2) is 9.58. The number of piperazine rings is 1. The van der Waals surface area contributed by atoms with E-state index < -0.39 is 0 Å². The van der Waals surface area contributed by atoms with Gasteiger partial charge in [-0.15, -0.1) is 0 Å². The highest BCUT2D eigenvalue weighted by Crippen LogP contribution is 2.28. The maximum Gasteiger partial charge on any atom is 0.255 e. The smallest absolute Gasteiger partial charge is 0.255 e. The fraction of sp³-hybridized carbons (Fsp3) is 0.619. The number of hydrogen-bond donors (Lipinski definition) is 0. The summed E-state index contributed by atoms with van der Waals surface area (Å²) in [6, 6.07) is 5.41. The van der Waals surface area contributed by atoms with E-state index in [0.717, 1.165) is 16.8 Å². The van der Waals surface area contributed by atoms with Crippen molar-refractivity contribution in [3.05, 3.63) is 28.2 Å². The summed E-state index contributed by atoms with van der Waals surface area (Å²) in [7, 11) is 1.59. The molecule has 0 bridgehead atoms. The lowest BCUT2D eigenvalue weighted by Crippen LogP contribution is -2.50. The van der Waals surface area contributed by atoms with Crippen molar-refractivity contribution in [1.82, 2.24) is 9.80 Å². The molecule has 27 heavy (non-hydrogen) atoms. The minimum Gasteiger partial charge on any atom is -0.497 e. The predicted molar refractivity (Wildman–Crippen MR) is 109 cm³/mol. The zero-order valence-corrected chi connectivity index (χ0v) is 17.7. The van der Waals surface area contributed by atoms with Gasteiger partial charge < -0.3 is 14.5 Å². The van der Waals surface area contributed by atoms with Gasteiger partial charge in [0.2, 0.25) is 5.91 Å². The van der Waals surface area contributed by atoms with Crippen LogP contribution in [0.25, 0.3) is 0 Å². The Kier molecular flexibility index (Phi) is 7.16. The van der Waals surface area contributed by atoms with E-state index in [1.807, 2.05) is 21.9 Å². The van der Waals surface area contributed by atoms with E-state index in [9.17, 15) is 9.59 Å². The first kappa shape index (κ1) is 20.2. The molecule has 3 rings (SSSR count). The zero-order chi connectivity index (χ0) is 19.2. The average Bonchev–Trinajstić information content (AvgIpc) is 2.73. The summed E-state index contributed by atoms with van der Waals surface area (Å²) in [5.74, 6) is 1.62. The second-order valence-corrected chi connectivity index (χ2v) is 8.42. The van der Waals surface area contributed by atoms with E-state index in [4.69, 9.17) is 4.74 Å². The molecule has 1 aromatic carbocycles. The van der Waals surface area contributed by atoms with E-state index in [2.05, 4.69) is 15.9 Å². The van der Waals surface area contributed by atoms with Crippen LogP contribution in [0.2, 0.25) is 0 Å². The Morgan fingerprint density at radius 2 is 1.74 bits per heavy atom. The van der Waals surface area contributed by atoms with Crippen LogP contribution in [0, 0.1) is 5.92 Å². The minimum atomic E-state index is -0.0184. The average molecular weight is 437 g/mol. The Labute approximate surface area is 170 Å². The van der Waals surface area contributed by atoms with Gasteiger partial charge in [-0.2, -0.15) is 0 Å². The van der Waals surface area contributed by atoms with Gasteiger partial charge >= 0.3 is 0 Å². The molecule has 6 heteroatoms. The molecule has 0 N–H and O–H groups in total. The van der Waals surface area contributed by atoms with E-state index in [1.165, 1.54) is 32.1 Å². The van der Waals surface area contributed by atoms with E-state index in [1.54, 1.807) is 13.2 Å². The van der Waals surface area contributed by atoms with Crippen molar-refractivity contribution in [3.63, 3.8) is 0 Å². The zero-order valence-electron chi connectivity index (χ0n) is 16.1. The van der Waals surface area contributed by atoms with Crippen molar-refractivity contribution in [2.75, 3.05) is 33.3 Å². The number of ether oxygens (including phenoxy) is 1. The lowest BCUT2D eigenvalue weighted by Gasteiger charge is -2.35. The van der Waals surface area contributed by atoms with Crippen LogP contribution in [0.3, 0.4) is 0 Å². The van der Waals surface area contributed by atoms with Gasteiger partial charge in [0.05, 0.1) is 12.7 Å². The van der Waals surface area contributed by atoms with Gasteiger partial charge in [0.15, 0.2) is 0 Å². The van der Waals surface area contributed by atoms with Gasteiger partial charge in [-0.1, -0.05) is 32.1 Å². The molecular weight excluding hydrogens is 408 g/mol. The highest BCUT2D eigenvalue weighted by molar-refractivity contribution is 9.10. The normalized spacial score (nSPS) is 18.4. The van der Waals surface area contributed by atoms with Crippen molar-refractivity contribution in [2.24, 2.45) is 5.92 Å². The number of carbonyl (C=O) groups excluding carboxylic acids is 2. The highest BCUT2D eigenvalue weighted by Gasteiger charge is 2.26. The third-order valence-electron chi connectivity index (χ3n) is 5.81. The number of carbonyl (C=O) groups is 2. The number of rotatable bonds is 5. The molecule has 0 unspecified atom stereocenters. The van der Waals surface area contributed by atoms with E-state index >= 15 is 0 Å². The van der Waals surface area contributed by atoms with Crippen molar-refractivity contribution < 1.29 is 14.3 Å². The monoisotopic (exact) mass is 436 g/mol. The van der Waals surface area contributed by atoms with E-state index in [-0.39, 0.29) is 11.8 Å². The number of amides is 2. The van der Waals surface area contributed by atoms with Gasteiger partial charge in [0.1, 0.15) is 5.75 Å². The molecule has 2 amide bonds. The highest BCUT2D eigenvalue weighted by atomic mass is 79.9. The van der Waals surface area contributed by atoms with Crippen LogP contribution in [-0.2, 0) is 4.79 Å². The van der Waals surface area contributed by atoms with Gasteiger partial charge in [-0.05, 0) is 46.5 Å². The summed E-state index contributed by atoms with van der Waals surface area (Å²) in [5.41, 5.74) is 0.603. The molecule has 0 atom stereocenters. The standard InChI is InChI=1S/C21H29BrN2O3/c1-27-17-8-9-19(22)18(15-17)21(26)24-13-11-23(12-14-24)20(25)10-7-16-5-3-2-4-6-16/h8-9,15-16H,2-7,10-14H2,1H3. The van der Waals surface area contributed by atoms with Crippen LogP contribution < -0.4 is 4.74 Å². The lowest BCUT2D eigenvalue weighted by atomic mass is 9.86. The van der Waals surface area contributed by atoms with Crippen molar-refractivity contribution >= 4 is 27.7 Å². The quantitative estimate of drug-likeness (QED) is 0.697. The number of nitrogens with zero attached hydrogens (tertiary/aromatic N) is 2. The maximum atomic E-state index is 12.8. The predicted octanol–water partition coefficient (Wildman–Crippen LogP) is 4.10. The summed E-state index contributed by atoms with van der Waals surface area (Å²) in [6.45, 7) is 2.41. The fourth-order valence-electron chi connectivity index (χ4n) is 4.09. The van der Waals surface area contributed by atoms with Crippen LogP contribution in [-0.4, -0.2) is 54.9 Å². The topological polar surface area (TPSA) is 49.9 Å². The Morgan fingerprint density at radius 3 is 2.41 bits per heavy atom. The first-order valence-corrected chi connectivity index (χ1v) is 10.8. The van der Waals surface area contributed by atoms with Crippen molar-refractivity contribution in [3.8, 4) is 5.75 Å². The fourth-order valence-corrected chi connectivity index (χ4v) is 4.50. The Hall–Kier alpha value is -1.56. The van der Waals surface area contributed by atoms with Crippen LogP contribution in [0.1, 0.15) is 55.3 Å². The summed E-state index contributed by atoms with van der Waals surface area (Å²) >= 11 is 3.45. The van der Waals surface area contributed by atoms with E-state index in [0.29, 0.717) is 43.9 Å². The van der Waals surface area contributed by atoms with Crippen LogP contribution >= 0.6 is 15.9 Å². The Balaban J connectivity index is 1.49. The molecule has 2 aliphatic rings. The van der Waals surface area contributed by atoms with Gasteiger partial charge in [-0.3, -0.25) is 9.59 Å². The molecule has 0 spiro atoms. The molecule has 2 fully saturated rings. The van der Waals surface area contributed by atoms with Crippen molar-refractivity contribution in [2.45, 2.75) is 44.9 Å². The molecule has 1 heterocycles. The van der Waals surface area contributed by atoms with Crippen LogP contribution in [0.4, 0.5) is 0 Å². The first-order chi connectivity index (χ1) is 13.1. The third kappa shape index (κ3) is 5.24. The minimum absolute atomic E-state index is 0.0184. The largest absolute Gasteiger partial charge is 0.497 e. The molecule has 1 saturated heterocycles. The molecule has 0 radical (unpaired) electrons. The van der Waals surface area contributed by atoms with Crippen LogP contribution in [0.15, 0.2) is 22.7 Å². The third-order valence-corrected chi connectivity index (χ3v) is 6.51. The molecule has 1 aliphatic heterocycles. The maximum absolute atomic E-state index is 12.8. The number of halogens is 1. The molecule has 5 nitrogen and oxygen atoms in total. The number of methoxy groups -OCH3 is 1. The SMILES string of the molecule is COc1ccc(Br)c(C(=O)N2CCN(C(=O)CCC3CCCCC3)CC2)c1. The van der Waals surface area contributed by atoms with Gasteiger partial charge in [0.25, 0.3) is 5.91 Å². The summed E-state index contributed by atoms with van der Waals surface area (Å²) < 4.78 is 5.99. The Bertz CT molecular complexity index is 665. The van der Waals surface area contributed by atoms with Crippen LogP contribution in [0.5, 0.6) is 5.75 Å². The molecule has 1 aromatic rings. The van der Waals surface area contributed by atoms with Gasteiger partial charge in [-0.25, -0.2) is 0 Å². The first-order valence-electron chi connectivity index (χ1n) is 9.99. The number of hydrogen-bond acceptors (Lipinski definition) is 3. The second-order valence-electron chi connectivity index (χ2n) is 7.56. The van der Waals surface area contributed by atoms with Crippen molar-refractivity contribution in [1.29, 1.82) is 0 Å². The molecule has 148 valence electrons. The Morgan fingerprint density at radius 1 is 1.07 bits per heavy atom. The molecule has 0 aromatic heterocycles. The molecule has 1 saturated carbocycles. The van der Waals surface area contributed by atoms with Gasteiger partial charge in [0, 0.05) is 37.1 Å².